The van der Waals surface area contributed by atoms with Gasteiger partial charge in [0.1, 0.15) is 0 Å². The summed E-state index contributed by atoms with van der Waals surface area (Å²) in [4.78, 5) is 18.6. The number of rotatable bonds is 3. The molecule has 12 heavy (non-hydrogen) atoms. The molecule has 0 atom stereocenters. The highest BCUT2D eigenvalue weighted by atomic mass is 16.6. The van der Waals surface area contributed by atoms with Gasteiger partial charge in [-0.2, -0.15) is 0 Å². The van der Waals surface area contributed by atoms with Crippen molar-refractivity contribution in [1.82, 2.24) is 0 Å². The first-order valence-corrected chi connectivity index (χ1v) is 3.07. The molecule has 0 amide bonds. The van der Waals surface area contributed by atoms with Gasteiger partial charge in [0.2, 0.25) is 12.4 Å². The van der Waals surface area contributed by atoms with Gasteiger partial charge in [0.25, 0.3) is 0 Å². The van der Waals surface area contributed by atoms with Gasteiger partial charge in [0.15, 0.2) is 0 Å². The van der Waals surface area contributed by atoms with E-state index in [4.69, 9.17) is 0 Å². The Hall–Kier alpha value is -1.72. The van der Waals surface area contributed by atoms with Crippen LogP contribution in [0.15, 0.2) is 23.5 Å². The molecule has 0 N–H and O–H groups in total. The van der Waals surface area contributed by atoms with Crippen LogP contribution in [0.1, 0.15) is 13.8 Å². The number of hydrogen-bond acceptors (Lipinski definition) is 4. The minimum Gasteiger partial charge on any atom is -0.259 e. The molecule has 0 aliphatic heterocycles. The fourth-order valence-corrected chi connectivity index (χ4v) is 0.520. The Morgan fingerprint density at radius 3 is 1.42 bits per heavy atom. The predicted octanol–water partition coefficient (Wildman–Crippen LogP) is 1.35. The smallest absolute Gasteiger partial charge is 0.237 e. The van der Waals surface area contributed by atoms with E-state index in [1.807, 2.05) is 0 Å². The van der Waals surface area contributed by atoms with Crippen molar-refractivity contribution in [2.24, 2.45) is 0 Å². The highest BCUT2D eigenvalue weighted by molar-refractivity contribution is 5.22. The summed E-state index contributed by atoms with van der Waals surface area (Å²) in [5, 5.41) is 19.9. The molecule has 0 saturated carbocycles. The summed E-state index contributed by atoms with van der Waals surface area (Å²) < 4.78 is 0. The maximum absolute atomic E-state index is 9.93. The van der Waals surface area contributed by atoms with Gasteiger partial charge < -0.3 is 0 Å². The Labute approximate surface area is 68.5 Å². The van der Waals surface area contributed by atoms with Gasteiger partial charge in [0, 0.05) is 11.1 Å². The van der Waals surface area contributed by atoms with Crippen LogP contribution in [-0.4, -0.2) is 9.85 Å². The van der Waals surface area contributed by atoms with E-state index in [1.54, 1.807) is 0 Å². The van der Waals surface area contributed by atoms with E-state index in [9.17, 15) is 20.2 Å². The van der Waals surface area contributed by atoms with Crippen molar-refractivity contribution in [2.75, 3.05) is 0 Å². The Morgan fingerprint density at radius 2 is 1.25 bits per heavy atom. The summed E-state index contributed by atoms with van der Waals surface area (Å²) in [5.74, 6) is 0. The SMILES string of the molecule is CC(=C\[N+](=O)[O-])/C(C)=C/[N+](=O)[O-]. The zero-order chi connectivity index (χ0) is 9.72. The predicted molar refractivity (Wildman–Crippen MR) is 41.5 cm³/mol. The van der Waals surface area contributed by atoms with Gasteiger partial charge >= 0.3 is 0 Å². The number of nitro groups is 2. The molecule has 0 aromatic heterocycles. The lowest BCUT2D eigenvalue weighted by Gasteiger charge is -1.91. The molecule has 0 rings (SSSR count). The van der Waals surface area contributed by atoms with Crippen LogP contribution in [-0.2, 0) is 0 Å². The average molecular weight is 172 g/mol. The number of hydrogen-bond donors (Lipinski definition) is 0. The fourth-order valence-electron chi connectivity index (χ4n) is 0.520. The topological polar surface area (TPSA) is 86.3 Å². The molecular weight excluding hydrogens is 164 g/mol. The molecule has 0 aromatic rings. The van der Waals surface area contributed by atoms with Crippen LogP contribution in [0.5, 0.6) is 0 Å². The van der Waals surface area contributed by atoms with Crippen molar-refractivity contribution in [3.05, 3.63) is 43.8 Å². The van der Waals surface area contributed by atoms with E-state index in [1.165, 1.54) is 13.8 Å². The van der Waals surface area contributed by atoms with Crippen LogP contribution in [0.25, 0.3) is 0 Å². The zero-order valence-corrected chi connectivity index (χ0v) is 6.68. The fraction of sp³-hybridized carbons (Fsp3) is 0.333. The Bertz CT molecular complexity index is 239. The van der Waals surface area contributed by atoms with Crippen molar-refractivity contribution >= 4 is 0 Å². The third kappa shape index (κ3) is 4.15. The standard InChI is InChI=1S/C6H8N2O4/c1-5(3-7(9)10)6(2)4-8(11)12/h3-4H,1-2H3/b5-3+,6-4+. The lowest BCUT2D eigenvalue weighted by Crippen LogP contribution is -1.92. The summed E-state index contributed by atoms with van der Waals surface area (Å²) in [7, 11) is 0. The molecule has 6 heteroatoms. The van der Waals surface area contributed by atoms with E-state index in [-0.39, 0.29) is 11.1 Å². The third-order valence-corrected chi connectivity index (χ3v) is 1.22. The highest BCUT2D eigenvalue weighted by Gasteiger charge is 2.02. The van der Waals surface area contributed by atoms with Crippen LogP contribution < -0.4 is 0 Å². The maximum Gasteiger partial charge on any atom is 0.237 e. The van der Waals surface area contributed by atoms with Crippen LogP contribution in [0, 0.1) is 20.2 Å². The maximum atomic E-state index is 9.93. The first-order valence-electron chi connectivity index (χ1n) is 3.07. The molecule has 0 aromatic carbocycles. The van der Waals surface area contributed by atoms with Crippen molar-refractivity contribution < 1.29 is 9.85 Å². The van der Waals surface area contributed by atoms with E-state index in [0.29, 0.717) is 0 Å². The number of nitrogens with zero attached hydrogens (tertiary/aromatic N) is 2. The molecule has 0 fully saturated rings. The second-order valence-corrected chi connectivity index (χ2v) is 2.19. The van der Waals surface area contributed by atoms with Gasteiger partial charge in [0.05, 0.1) is 9.85 Å². The Morgan fingerprint density at radius 1 is 1.00 bits per heavy atom. The molecule has 0 unspecified atom stereocenters. The molecule has 0 radical (unpaired) electrons. The monoisotopic (exact) mass is 172 g/mol. The zero-order valence-electron chi connectivity index (χ0n) is 6.68. The molecule has 0 bridgehead atoms. The van der Waals surface area contributed by atoms with Gasteiger partial charge in [-0.05, 0) is 13.8 Å². The van der Waals surface area contributed by atoms with Gasteiger partial charge in [-0.25, -0.2) is 0 Å². The summed E-state index contributed by atoms with van der Waals surface area (Å²) in [5.41, 5.74) is 0.549. The molecule has 0 spiro atoms. The minimum absolute atomic E-state index is 0.275. The quantitative estimate of drug-likeness (QED) is 0.365. The average Bonchev–Trinajstić information content (AvgIpc) is 1.84. The van der Waals surface area contributed by atoms with Crippen LogP contribution in [0.4, 0.5) is 0 Å². The summed E-state index contributed by atoms with van der Waals surface area (Å²) >= 11 is 0. The Balaban J connectivity index is 4.59. The van der Waals surface area contributed by atoms with Gasteiger partial charge in [-0.3, -0.25) is 20.2 Å². The molecular formula is C6H8N2O4. The van der Waals surface area contributed by atoms with E-state index in [2.05, 4.69) is 0 Å². The van der Waals surface area contributed by atoms with E-state index >= 15 is 0 Å². The molecule has 0 aliphatic rings. The van der Waals surface area contributed by atoms with E-state index < -0.39 is 9.85 Å². The summed E-state index contributed by atoms with van der Waals surface area (Å²) in [6.45, 7) is 2.89. The first kappa shape index (κ1) is 10.3. The highest BCUT2D eigenvalue weighted by Crippen LogP contribution is 2.07. The first-order chi connectivity index (χ1) is 5.43. The van der Waals surface area contributed by atoms with Crippen molar-refractivity contribution in [3.8, 4) is 0 Å². The van der Waals surface area contributed by atoms with Gasteiger partial charge in [-0.1, -0.05) is 0 Å². The van der Waals surface area contributed by atoms with Gasteiger partial charge in [-0.15, -0.1) is 0 Å². The summed E-state index contributed by atoms with van der Waals surface area (Å²) in [6.07, 6.45) is 1.46. The Kier molecular flexibility index (Phi) is 3.61. The number of allylic oxidation sites excluding steroid dienone is 2. The molecule has 0 heterocycles. The van der Waals surface area contributed by atoms with E-state index in [0.717, 1.165) is 12.4 Å². The van der Waals surface area contributed by atoms with Crippen LogP contribution in [0.2, 0.25) is 0 Å². The summed E-state index contributed by atoms with van der Waals surface area (Å²) in [6, 6.07) is 0. The second kappa shape index (κ2) is 4.22. The molecule has 0 saturated heterocycles. The van der Waals surface area contributed by atoms with Crippen molar-refractivity contribution in [3.63, 3.8) is 0 Å². The normalized spacial score (nSPS) is 12.8. The largest absolute Gasteiger partial charge is 0.259 e. The molecule has 66 valence electrons. The third-order valence-electron chi connectivity index (χ3n) is 1.22. The van der Waals surface area contributed by atoms with Crippen LogP contribution in [0.3, 0.4) is 0 Å². The van der Waals surface area contributed by atoms with Crippen molar-refractivity contribution in [1.29, 1.82) is 0 Å². The second-order valence-electron chi connectivity index (χ2n) is 2.19. The molecule has 6 nitrogen and oxygen atoms in total. The lowest BCUT2D eigenvalue weighted by atomic mass is 10.2. The van der Waals surface area contributed by atoms with Crippen molar-refractivity contribution in [2.45, 2.75) is 13.8 Å². The lowest BCUT2D eigenvalue weighted by molar-refractivity contribution is -0.405. The van der Waals surface area contributed by atoms with Crippen LogP contribution >= 0.6 is 0 Å². The minimum atomic E-state index is -0.646. The molecule has 0 aliphatic carbocycles.